The number of rotatable bonds is 0. The molecule has 0 N–H and O–H groups in total. The number of likely N-dealkylation sites (tertiary alicyclic amines) is 1. The quantitative estimate of drug-likeness (QED) is 0.464. The molecule has 1 aliphatic rings. The van der Waals surface area contributed by atoms with E-state index < -0.39 is 0 Å². The highest BCUT2D eigenvalue weighted by molar-refractivity contribution is 7.81. The van der Waals surface area contributed by atoms with E-state index in [2.05, 4.69) is 12.6 Å². The molecule has 2 nitrogen and oxygen atoms in total. The van der Waals surface area contributed by atoms with Gasteiger partial charge in [-0.1, -0.05) is 0 Å². The van der Waals surface area contributed by atoms with Crippen molar-refractivity contribution in [2.24, 2.45) is 0 Å². The highest BCUT2D eigenvalue weighted by atomic mass is 32.1. The maximum absolute atomic E-state index is 10.8. The molecular formula is C5H9NOS. The molecule has 0 bridgehead atoms. The summed E-state index contributed by atoms with van der Waals surface area (Å²) in [5, 5.41) is -0.0278. The lowest BCUT2D eigenvalue weighted by Crippen LogP contribution is -2.22. The van der Waals surface area contributed by atoms with Gasteiger partial charge in [-0.15, -0.1) is 0 Å². The standard InChI is InChI=1S/C5H9NOS/c1-6-3-2-4(8)5(6)7/h4,8H,2-3H2,1H3/t4-/m1/s1. The summed E-state index contributed by atoms with van der Waals surface area (Å²) in [5.74, 6) is 0.160. The van der Waals surface area contributed by atoms with E-state index in [0.717, 1.165) is 13.0 Å². The van der Waals surface area contributed by atoms with Gasteiger partial charge in [-0.05, 0) is 6.42 Å². The van der Waals surface area contributed by atoms with Crippen molar-refractivity contribution in [2.45, 2.75) is 11.7 Å². The molecule has 0 aromatic carbocycles. The van der Waals surface area contributed by atoms with Crippen LogP contribution in [0.4, 0.5) is 0 Å². The summed E-state index contributed by atoms with van der Waals surface area (Å²) in [6, 6.07) is 0. The molecule has 1 heterocycles. The molecule has 0 radical (unpaired) electrons. The maximum Gasteiger partial charge on any atom is 0.235 e. The zero-order valence-corrected chi connectivity index (χ0v) is 5.69. The number of carbonyl (C=O) groups is 1. The zero-order chi connectivity index (χ0) is 6.15. The fourth-order valence-corrected chi connectivity index (χ4v) is 1.12. The third-order valence-corrected chi connectivity index (χ3v) is 1.88. The monoisotopic (exact) mass is 131 g/mol. The molecule has 1 saturated heterocycles. The van der Waals surface area contributed by atoms with Crippen molar-refractivity contribution >= 4 is 18.5 Å². The Morgan fingerprint density at radius 1 is 1.88 bits per heavy atom. The second-order valence-electron chi connectivity index (χ2n) is 2.06. The van der Waals surface area contributed by atoms with E-state index in [9.17, 15) is 4.79 Å². The number of nitrogens with zero attached hydrogens (tertiary/aromatic N) is 1. The minimum atomic E-state index is -0.0278. The van der Waals surface area contributed by atoms with E-state index in [1.54, 1.807) is 11.9 Å². The van der Waals surface area contributed by atoms with Crippen molar-refractivity contribution in [3.05, 3.63) is 0 Å². The van der Waals surface area contributed by atoms with Crippen LogP contribution in [-0.2, 0) is 4.79 Å². The van der Waals surface area contributed by atoms with Gasteiger partial charge >= 0.3 is 0 Å². The number of amides is 1. The van der Waals surface area contributed by atoms with Gasteiger partial charge in [0.05, 0.1) is 5.25 Å². The average molecular weight is 131 g/mol. The highest BCUT2D eigenvalue weighted by Crippen LogP contribution is 2.13. The number of hydrogen-bond acceptors (Lipinski definition) is 2. The summed E-state index contributed by atoms with van der Waals surface area (Å²) in [6.45, 7) is 0.868. The third-order valence-electron chi connectivity index (χ3n) is 1.40. The van der Waals surface area contributed by atoms with E-state index >= 15 is 0 Å². The molecule has 0 aromatic heterocycles. The van der Waals surface area contributed by atoms with E-state index in [4.69, 9.17) is 0 Å². The Kier molecular flexibility index (Phi) is 1.47. The molecule has 1 fully saturated rings. The van der Waals surface area contributed by atoms with Gasteiger partial charge in [0.15, 0.2) is 0 Å². The molecule has 1 atom stereocenters. The molecule has 3 heteroatoms. The molecular weight excluding hydrogens is 122 g/mol. The topological polar surface area (TPSA) is 20.3 Å². The first-order chi connectivity index (χ1) is 3.72. The van der Waals surface area contributed by atoms with E-state index in [1.165, 1.54) is 0 Å². The van der Waals surface area contributed by atoms with Crippen LogP contribution in [0.5, 0.6) is 0 Å². The fraction of sp³-hybridized carbons (Fsp3) is 0.800. The Bertz CT molecular complexity index is 103. The third kappa shape index (κ3) is 0.823. The SMILES string of the molecule is CN1CC[C@@H](S)C1=O. The van der Waals surface area contributed by atoms with Crippen LogP contribution in [0.25, 0.3) is 0 Å². The summed E-state index contributed by atoms with van der Waals surface area (Å²) in [4.78, 5) is 12.5. The van der Waals surface area contributed by atoms with Crippen molar-refractivity contribution in [2.75, 3.05) is 13.6 Å². The second kappa shape index (κ2) is 1.97. The van der Waals surface area contributed by atoms with Crippen LogP contribution < -0.4 is 0 Å². The summed E-state index contributed by atoms with van der Waals surface area (Å²) in [5.41, 5.74) is 0. The normalized spacial score (nSPS) is 29.5. The Balaban J connectivity index is 2.57. The predicted octanol–water partition coefficient (Wildman–Crippen LogP) is 0.147. The van der Waals surface area contributed by atoms with E-state index in [-0.39, 0.29) is 11.2 Å². The lowest BCUT2D eigenvalue weighted by molar-refractivity contribution is -0.126. The van der Waals surface area contributed by atoms with Crippen molar-refractivity contribution in [1.82, 2.24) is 4.90 Å². The Morgan fingerprint density at radius 3 is 2.62 bits per heavy atom. The Morgan fingerprint density at radius 2 is 2.50 bits per heavy atom. The molecule has 0 spiro atoms. The molecule has 1 rings (SSSR count). The van der Waals surface area contributed by atoms with Crippen molar-refractivity contribution in [3.8, 4) is 0 Å². The number of carbonyl (C=O) groups excluding carboxylic acids is 1. The smallest absolute Gasteiger partial charge is 0.235 e. The first-order valence-electron chi connectivity index (χ1n) is 2.65. The van der Waals surface area contributed by atoms with Gasteiger partial charge in [0.1, 0.15) is 0 Å². The Hall–Kier alpha value is -0.180. The predicted molar refractivity (Wildman–Crippen MR) is 35.0 cm³/mol. The van der Waals surface area contributed by atoms with Crippen LogP contribution in [-0.4, -0.2) is 29.6 Å². The van der Waals surface area contributed by atoms with Crippen LogP contribution in [0.1, 0.15) is 6.42 Å². The van der Waals surface area contributed by atoms with Gasteiger partial charge in [-0.3, -0.25) is 4.79 Å². The van der Waals surface area contributed by atoms with Gasteiger partial charge in [-0.2, -0.15) is 12.6 Å². The van der Waals surface area contributed by atoms with E-state index in [1.807, 2.05) is 0 Å². The van der Waals surface area contributed by atoms with Crippen LogP contribution in [0, 0.1) is 0 Å². The van der Waals surface area contributed by atoms with Crippen molar-refractivity contribution in [1.29, 1.82) is 0 Å². The van der Waals surface area contributed by atoms with E-state index in [0.29, 0.717) is 0 Å². The average Bonchev–Trinajstić information content (AvgIpc) is 1.98. The number of thiol groups is 1. The summed E-state index contributed by atoms with van der Waals surface area (Å²) >= 11 is 4.06. The van der Waals surface area contributed by atoms with Gasteiger partial charge in [-0.25, -0.2) is 0 Å². The lowest BCUT2D eigenvalue weighted by atomic mass is 10.4. The molecule has 8 heavy (non-hydrogen) atoms. The molecule has 0 unspecified atom stereocenters. The van der Waals surface area contributed by atoms with Crippen LogP contribution in [0.2, 0.25) is 0 Å². The molecule has 46 valence electrons. The summed E-state index contributed by atoms with van der Waals surface area (Å²) in [7, 11) is 1.80. The second-order valence-corrected chi connectivity index (χ2v) is 2.69. The van der Waals surface area contributed by atoms with Crippen LogP contribution in [0.15, 0.2) is 0 Å². The minimum absolute atomic E-state index is 0.0278. The molecule has 0 aromatic rings. The molecule has 1 amide bonds. The van der Waals surface area contributed by atoms with Crippen LogP contribution in [0.3, 0.4) is 0 Å². The zero-order valence-electron chi connectivity index (χ0n) is 4.79. The largest absolute Gasteiger partial charge is 0.345 e. The summed E-state index contributed by atoms with van der Waals surface area (Å²) in [6.07, 6.45) is 0.901. The molecule has 0 saturated carbocycles. The molecule has 1 aliphatic heterocycles. The van der Waals surface area contributed by atoms with Crippen molar-refractivity contribution in [3.63, 3.8) is 0 Å². The van der Waals surface area contributed by atoms with Gasteiger partial charge in [0.2, 0.25) is 5.91 Å². The van der Waals surface area contributed by atoms with Gasteiger partial charge in [0, 0.05) is 13.6 Å². The first kappa shape index (κ1) is 5.95. The lowest BCUT2D eigenvalue weighted by Gasteiger charge is -2.04. The maximum atomic E-state index is 10.8. The fourth-order valence-electron chi connectivity index (χ4n) is 0.804. The summed E-state index contributed by atoms with van der Waals surface area (Å²) < 4.78 is 0. The van der Waals surface area contributed by atoms with Crippen molar-refractivity contribution < 1.29 is 4.79 Å². The van der Waals surface area contributed by atoms with Gasteiger partial charge < -0.3 is 4.90 Å². The first-order valence-corrected chi connectivity index (χ1v) is 3.16. The molecule has 0 aliphatic carbocycles. The van der Waals surface area contributed by atoms with Gasteiger partial charge in [0.25, 0.3) is 0 Å². The highest BCUT2D eigenvalue weighted by Gasteiger charge is 2.24. The minimum Gasteiger partial charge on any atom is -0.345 e. The Labute approximate surface area is 54.3 Å². The van der Waals surface area contributed by atoms with Crippen LogP contribution >= 0.6 is 12.6 Å². The number of hydrogen-bond donors (Lipinski definition) is 1.